The highest BCUT2D eigenvalue weighted by Gasteiger charge is 1.68. The molecular weight excluding hydrogens is 534 g/mol. The Bertz CT molecular complexity index is 58.8. The summed E-state index contributed by atoms with van der Waals surface area (Å²) in [6.45, 7) is 54.5. The van der Waals surface area contributed by atoms with Crippen LogP contribution < -0.4 is 0 Å². The number of rotatable bonds is 0. The summed E-state index contributed by atoms with van der Waals surface area (Å²) in [6, 6.07) is 0. The zero-order valence-corrected chi connectivity index (χ0v) is 37.9. The van der Waals surface area contributed by atoms with E-state index in [1.165, 1.54) is 0 Å². The van der Waals surface area contributed by atoms with Crippen LogP contribution in [0.25, 0.3) is 0 Å². The van der Waals surface area contributed by atoms with E-state index in [-0.39, 0.29) is 29.7 Å². The molecule has 0 aromatic carbocycles. The zero-order valence-electron chi connectivity index (χ0n) is 37.9. The predicted molar refractivity (Wildman–Crippen MR) is 242 cm³/mol. The van der Waals surface area contributed by atoms with Crippen LogP contribution in [0.15, 0.2) is 0 Å². The summed E-state index contributed by atoms with van der Waals surface area (Å²) in [5.74, 6) is 0.833. The van der Waals surface area contributed by atoms with Crippen LogP contribution in [0.5, 0.6) is 0 Å². The molecule has 0 saturated carbocycles. The first-order valence-electron chi connectivity index (χ1n) is 17.8. The Morgan fingerprint density at radius 1 is 0.205 bits per heavy atom. The maximum atomic E-state index is 2.17. The molecule has 0 amide bonds. The van der Waals surface area contributed by atoms with Crippen molar-refractivity contribution in [2.75, 3.05) is 63.4 Å². The second-order valence-corrected chi connectivity index (χ2v) is 5.76. The van der Waals surface area contributed by atoms with E-state index in [1.54, 1.807) is 0 Å². The molecule has 0 rings (SSSR count). The molecule has 0 atom stereocenters. The van der Waals surface area contributed by atoms with Gasteiger partial charge in [0, 0.05) is 0 Å². The molecule has 0 aromatic rings. The lowest BCUT2D eigenvalue weighted by molar-refractivity contribution is 0.505. The van der Waals surface area contributed by atoms with Crippen LogP contribution in [-0.2, 0) is 0 Å². The standard InChI is InChI=1S/C4H10.3C3H9N.12C2H6.4CH4/c4*1-4(2)3;12*1-2;;;;/h4H,1-3H3;3*1-3H3;12*1-2H3;4*1H4. The number of hydrogen-bond acceptors (Lipinski definition) is 3. The van der Waals surface area contributed by atoms with Crippen molar-refractivity contribution in [3.8, 4) is 0 Å². The van der Waals surface area contributed by atoms with E-state index in [4.69, 9.17) is 0 Å². The van der Waals surface area contributed by atoms with Crippen LogP contribution in [-0.4, -0.2) is 78.1 Å². The first-order valence-corrected chi connectivity index (χ1v) is 17.8. The van der Waals surface area contributed by atoms with Crippen LogP contribution in [0.4, 0.5) is 0 Å². The molecule has 3 heteroatoms. The monoisotopic (exact) mass is 660 g/mol. The number of hydrogen-bond donors (Lipinski definition) is 0. The highest BCUT2D eigenvalue weighted by atomic mass is 15.0. The van der Waals surface area contributed by atoms with Gasteiger partial charge in [0.25, 0.3) is 0 Å². The van der Waals surface area contributed by atoms with Crippen molar-refractivity contribution in [1.82, 2.24) is 14.7 Å². The molecule has 304 valence electrons. The molecule has 0 spiro atoms. The molecule has 44 heavy (non-hydrogen) atoms. The first-order chi connectivity index (χ1) is 18.9. The molecule has 0 aliphatic carbocycles. The summed E-state index contributed by atoms with van der Waals surface area (Å²) in [4.78, 5) is 6.00. The van der Waals surface area contributed by atoms with E-state index in [1.807, 2.05) is 244 Å². The van der Waals surface area contributed by atoms with E-state index < -0.39 is 0 Å². The lowest BCUT2D eigenvalue weighted by Crippen LogP contribution is -1.99. The normalized spacial score (nSPS) is 4.91. The zero-order chi connectivity index (χ0) is 38.3. The summed E-state index contributed by atoms with van der Waals surface area (Å²) in [6.07, 6.45) is 0. The third kappa shape index (κ3) is 4860000. The summed E-state index contributed by atoms with van der Waals surface area (Å²) >= 11 is 0. The van der Waals surface area contributed by atoms with Crippen molar-refractivity contribution in [1.29, 1.82) is 0 Å². The average Bonchev–Trinajstić information content (AvgIpc) is 3.00. The minimum Gasteiger partial charge on any atom is -0.312 e. The quantitative estimate of drug-likeness (QED) is 0.256. The molecule has 0 saturated heterocycles. The van der Waals surface area contributed by atoms with Crippen molar-refractivity contribution < 1.29 is 0 Å². The average molecular weight is 660 g/mol. The van der Waals surface area contributed by atoms with Crippen LogP contribution in [0.1, 0.15) is 217 Å². The maximum absolute atomic E-state index is 2.17. The van der Waals surface area contributed by atoms with Crippen molar-refractivity contribution in [3.63, 3.8) is 0 Å². The van der Waals surface area contributed by atoms with E-state index >= 15 is 0 Å². The second-order valence-electron chi connectivity index (χ2n) is 5.76. The lowest BCUT2D eigenvalue weighted by Gasteiger charge is -1.90. The molecule has 3 nitrogen and oxygen atoms in total. The Hall–Kier alpha value is -0.120. The van der Waals surface area contributed by atoms with Crippen molar-refractivity contribution >= 4 is 0 Å². The molecule has 0 unspecified atom stereocenters. The molecular formula is C41H125N3. The molecule has 0 aliphatic rings. The van der Waals surface area contributed by atoms with Crippen LogP contribution >= 0.6 is 0 Å². The third-order valence-corrected chi connectivity index (χ3v) is 0. The van der Waals surface area contributed by atoms with Gasteiger partial charge in [-0.1, -0.05) is 217 Å². The molecule has 0 aromatic heterocycles. The Balaban J connectivity index is -0.00000000781. The Morgan fingerprint density at radius 2 is 0.205 bits per heavy atom. The lowest BCUT2D eigenvalue weighted by atomic mass is 10.3. The Kier molecular flexibility index (Phi) is 1710. The summed E-state index contributed by atoms with van der Waals surface area (Å²) in [5.41, 5.74) is 0. The predicted octanol–water partition coefficient (Wildman–Crippen LogP) is 17.1. The van der Waals surface area contributed by atoms with Gasteiger partial charge in [0.05, 0.1) is 0 Å². The fourth-order valence-corrected chi connectivity index (χ4v) is 0. The van der Waals surface area contributed by atoms with Crippen molar-refractivity contribution in [2.24, 2.45) is 5.92 Å². The van der Waals surface area contributed by atoms with Crippen LogP contribution in [0, 0.1) is 5.92 Å². The molecule has 0 radical (unpaired) electrons. The Labute approximate surface area is 300 Å². The summed E-state index contributed by atoms with van der Waals surface area (Å²) in [5, 5.41) is 0. The van der Waals surface area contributed by atoms with Crippen molar-refractivity contribution in [2.45, 2.75) is 217 Å². The molecule has 0 aliphatic heterocycles. The van der Waals surface area contributed by atoms with Gasteiger partial charge in [-0.05, 0) is 69.3 Å². The van der Waals surface area contributed by atoms with Gasteiger partial charge in [0.2, 0.25) is 0 Å². The summed E-state index contributed by atoms with van der Waals surface area (Å²) in [7, 11) is 18.0. The Morgan fingerprint density at radius 3 is 0.205 bits per heavy atom. The van der Waals surface area contributed by atoms with E-state index in [2.05, 4.69) is 20.8 Å². The van der Waals surface area contributed by atoms with Crippen LogP contribution in [0.3, 0.4) is 0 Å². The fourth-order valence-electron chi connectivity index (χ4n) is 0. The van der Waals surface area contributed by atoms with Gasteiger partial charge in [-0.3, -0.25) is 0 Å². The van der Waals surface area contributed by atoms with E-state index in [9.17, 15) is 0 Å². The van der Waals surface area contributed by atoms with Crippen LogP contribution in [0.2, 0.25) is 0 Å². The van der Waals surface area contributed by atoms with Gasteiger partial charge in [0.15, 0.2) is 0 Å². The highest BCUT2D eigenvalue weighted by molar-refractivity contribution is 4.20. The smallest absolute Gasteiger partial charge is 0.0140 e. The van der Waals surface area contributed by atoms with E-state index in [0.717, 1.165) is 5.92 Å². The largest absolute Gasteiger partial charge is 0.312 e. The summed E-state index contributed by atoms with van der Waals surface area (Å²) < 4.78 is 0. The maximum Gasteiger partial charge on any atom is -0.0140 e. The van der Waals surface area contributed by atoms with E-state index in [0.29, 0.717) is 0 Å². The topological polar surface area (TPSA) is 9.72 Å². The SMILES string of the molecule is C.C.C.C.CC.CC.CC.CC.CC.CC.CC.CC.CC.CC.CC.CC.CC(C)C.CN(C)C.CN(C)C.CN(C)C. The van der Waals surface area contributed by atoms with Gasteiger partial charge in [-0.25, -0.2) is 0 Å². The third-order valence-electron chi connectivity index (χ3n) is 0. The van der Waals surface area contributed by atoms with Gasteiger partial charge < -0.3 is 14.7 Å². The number of nitrogens with zero attached hydrogens (tertiary/aromatic N) is 3. The van der Waals surface area contributed by atoms with Gasteiger partial charge >= 0.3 is 0 Å². The molecule has 0 bridgehead atoms. The highest BCUT2D eigenvalue weighted by Crippen LogP contribution is 1.81. The second kappa shape index (κ2) is 533. The van der Waals surface area contributed by atoms with Gasteiger partial charge in [-0.2, -0.15) is 0 Å². The first kappa shape index (κ1) is 141. The minimum atomic E-state index is 0. The van der Waals surface area contributed by atoms with Gasteiger partial charge in [0.1, 0.15) is 0 Å². The van der Waals surface area contributed by atoms with Gasteiger partial charge in [-0.15, -0.1) is 0 Å². The molecule has 0 fully saturated rings. The molecule has 0 N–H and O–H groups in total. The fraction of sp³-hybridized carbons (Fsp3) is 1.00. The minimum absolute atomic E-state index is 0. The molecule has 0 heterocycles. The van der Waals surface area contributed by atoms with Crippen molar-refractivity contribution in [3.05, 3.63) is 0 Å².